The molecule has 3 unspecified atom stereocenters. The fraction of sp³-hybridized carbons (Fsp3) is 0.947. The minimum absolute atomic E-state index is 0.00103. The summed E-state index contributed by atoms with van der Waals surface area (Å²) in [5.41, 5.74) is -0.714. The Hall–Kier alpha value is -0.443. The fourth-order valence-corrected chi connectivity index (χ4v) is 7.00. The van der Waals surface area contributed by atoms with Crippen molar-refractivity contribution in [1.82, 2.24) is 4.72 Å². The highest BCUT2D eigenvalue weighted by molar-refractivity contribution is 7.89. The van der Waals surface area contributed by atoms with E-state index in [9.17, 15) is 13.2 Å². The van der Waals surface area contributed by atoms with Gasteiger partial charge in [-0.1, -0.05) is 34.6 Å². The van der Waals surface area contributed by atoms with Crippen LogP contribution in [0.25, 0.3) is 0 Å². The zero-order chi connectivity index (χ0) is 20.9. The third-order valence-corrected chi connectivity index (χ3v) is 13.7. The summed E-state index contributed by atoms with van der Waals surface area (Å²) in [4.78, 5) is 12.5. The first-order chi connectivity index (χ1) is 12.1. The number of rotatable bonds is 7. The maximum atomic E-state index is 12.5. The van der Waals surface area contributed by atoms with E-state index in [2.05, 4.69) is 52.4 Å². The van der Waals surface area contributed by atoms with E-state index >= 15 is 0 Å². The molecular formula is C19H37NO5SSi. The summed E-state index contributed by atoms with van der Waals surface area (Å²) < 4.78 is 39.0. The molecule has 0 aromatic heterocycles. The van der Waals surface area contributed by atoms with Crippen LogP contribution in [0.1, 0.15) is 53.9 Å². The average molecular weight is 420 g/mol. The Morgan fingerprint density at radius 1 is 1.26 bits per heavy atom. The summed E-state index contributed by atoms with van der Waals surface area (Å²) in [6.07, 6.45) is 2.12. The lowest BCUT2D eigenvalue weighted by Crippen LogP contribution is -2.48. The summed E-state index contributed by atoms with van der Waals surface area (Å²) in [7, 11) is -4.01. The normalized spacial score (nSPS) is 30.5. The molecule has 158 valence electrons. The Labute approximate surface area is 166 Å². The van der Waals surface area contributed by atoms with Crippen LogP contribution in [0.4, 0.5) is 0 Å². The lowest BCUT2D eigenvalue weighted by Gasteiger charge is -2.41. The quantitative estimate of drug-likeness (QED) is 0.506. The van der Waals surface area contributed by atoms with Gasteiger partial charge >= 0.3 is 5.97 Å². The molecule has 2 fully saturated rings. The van der Waals surface area contributed by atoms with Crippen LogP contribution in [-0.4, -0.2) is 48.2 Å². The van der Waals surface area contributed by atoms with Crippen molar-refractivity contribution < 1.29 is 22.4 Å². The molecule has 6 nitrogen and oxygen atoms in total. The number of ether oxygens (including phenoxy) is 1. The number of carbonyl (C=O) groups is 1. The maximum Gasteiger partial charge on any atom is 0.331 e. The largest absolute Gasteiger partial charge is 0.460 e. The summed E-state index contributed by atoms with van der Waals surface area (Å²) in [5, 5.41) is 0.0177. The minimum atomic E-state index is -3.41. The molecule has 2 saturated carbocycles. The molecule has 0 saturated heterocycles. The monoisotopic (exact) mass is 419 g/mol. The molecule has 2 aliphatic rings. The van der Waals surface area contributed by atoms with E-state index in [4.69, 9.17) is 9.16 Å². The standard InChI is InChI=1S/C19H37NO5SSi/c1-17(2,3)27(7,8)24-12-16(21)25-15-11-14-9-10-19(15,18(14,4)5)13-26(22,23)20-6/h14-15,20H,9-13H2,1-8H3. The number of fused-ring (bicyclic) bond motifs is 2. The zero-order valence-corrected chi connectivity index (χ0v) is 20.0. The van der Waals surface area contributed by atoms with Crippen molar-refractivity contribution in [2.75, 3.05) is 19.4 Å². The molecule has 0 heterocycles. The molecule has 2 bridgehead atoms. The van der Waals surface area contributed by atoms with Gasteiger partial charge in [0.1, 0.15) is 12.7 Å². The van der Waals surface area contributed by atoms with Crippen LogP contribution in [0.3, 0.4) is 0 Å². The van der Waals surface area contributed by atoms with Crippen LogP contribution in [0.5, 0.6) is 0 Å². The van der Waals surface area contributed by atoms with Crippen molar-refractivity contribution in [2.45, 2.75) is 78.1 Å². The van der Waals surface area contributed by atoms with Gasteiger partial charge in [0.05, 0.1) is 5.75 Å². The van der Waals surface area contributed by atoms with Crippen LogP contribution >= 0.6 is 0 Å². The second-order valence-corrected chi connectivity index (χ2v) is 17.1. The van der Waals surface area contributed by atoms with Gasteiger partial charge in [-0.05, 0) is 55.8 Å². The van der Waals surface area contributed by atoms with E-state index in [1.54, 1.807) is 0 Å². The van der Waals surface area contributed by atoms with E-state index in [0.29, 0.717) is 5.92 Å². The van der Waals surface area contributed by atoms with Crippen LogP contribution in [0, 0.1) is 16.7 Å². The van der Waals surface area contributed by atoms with E-state index in [1.807, 2.05) is 0 Å². The molecule has 0 amide bonds. The predicted molar refractivity (Wildman–Crippen MR) is 109 cm³/mol. The number of nitrogens with one attached hydrogen (secondary N) is 1. The Kier molecular flexibility index (Phi) is 6.02. The first-order valence-corrected chi connectivity index (χ1v) is 14.4. The highest BCUT2D eigenvalue weighted by atomic mass is 32.2. The van der Waals surface area contributed by atoms with Gasteiger partial charge in [-0.25, -0.2) is 17.9 Å². The van der Waals surface area contributed by atoms with Crippen molar-refractivity contribution in [2.24, 2.45) is 16.7 Å². The number of hydrogen-bond acceptors (Lipinski definition) is 5. The van der Waals surface area contributed by atoms with Gasteiger partial charge in [-0.3, -0.25) is 0 Å². The zero-order valence-electron chi connectivity index (χ0n) is 18.1. The predicted octanol–water partition coefficient (Wildman–Crippen LogP) is 3.30. The van der Waals surface area contributed by atoms with Gasteiger partial charge in [-0.2, -0.15) is 0 Å². The summed E-state index contributed by atoms with van der Waals surface area (Å²) in [5.74, 6) is -0.000756. The highest BCUT2D eigenvalue weighted by Gasteiger charge is 2.66. The van der Waals surface area contributed by atoms with Crippen molar-refractivity contribution in [3.63, 3.8) is 0 Å². The molecule has 0 radical (unpaired) electrons. The van der Waals surface area contributed by atoms with Crippen LogP contribution < -0.4 is 4.72 Å². The van der Waals surface area contributed by atoms with E-state index in [1.165, 1.54) is 7.05 Å². The van der Waals surface area contributed by atoms with E-state index < -0.39 is 23.8 Å². The van der Waals surface area contributed by atoms with E-state index in [0.717, 1.165) is 19.3 Å². The Morgan fingerprint density at radius 2 is 1.85 bits per heavy atom. The van der Waals surface area contributed by atoms with Crippen LogP contribution in [0.15, 0.2) is 0 Å². The smallest absolute Gasteiger partial charge is 0.331 e. The topological polar surface area (TPSA) is 81.7 Å². The first kappa shape index (κ1) is 22.8. The molecule has 0 spiro atoms. The molecule has 0 aromatic carbocycles. The van der Waals surface area contributed by atoms with Gasteiger partial charge < -0.3 is 9.16 Å². The van der Waals surface area contributed by atoms with Crippen LogP contribution in [0.2, 0.25) is 18.1 Å². The second kappa shape index (κ2) is 7.11. The summed E-state index contributed by atoms with van der Waals surface area (Å²) >= 11 is 0. The number of carbonyl (C=O) groups excluding carboxylic acids is 1. The lowest BCUT2D eigenvalue weighted by molar-refractivity contribution is -0.159. The SMILES string of the molecule is CNS(=O)(=O)CC12CCC(CC1OC(=O)CO[Si](C)(C)C(C)(C)C)C2(C)C. The first-order valence-electron chi connectivity index (χ1n) is 9.83. The molecule has 0 aliphatic heterocycles. The maximum absolute atomic E-state index is 12.5. The molecular weight excluding hydrogens is 382 g/mol. The van der Waals surface area contributed by atoms with Crippen molar-refractivity contribution in [1.29, 1.82) is 0 Å². The summed E-state index contributed by atoms with van der Waals surface area (Å²) in [6, 6.07) is 0. The molecule has 27 heavy (non-hydrogen) atoms. The summed E-state index contributed by atoms with van der Waals surface area (Å²) in [6.45, 7) is 14.8. The van der Waals surface area contributed by atoms with Gasteiger partial charge in [0.25, 0.3) is 0 Å². The van der Waals surface area contributed by atoms with Gasteiger partial charge in [-0.15, -0.1) is 0 Å². The molecule has 2 rings (SSSR count). The third-order valence-electron chi connectivity index (χ3n) is 7.75. The molecule has 1 N–H and O–H groups in total. The molecule has 0 aromatic rings. The van der Waals surface area contributed by atoms with Crippen molar-refractivity contribution in [3.05, 3.63) is 0 Å². The Morgan fingerprint density at radius 3 is 2.33 bits per heavy atom. The average Bonchev–Trinajstić information content (AvgIpc) is 2.86. The van der Waals surface area contributed by atoms with Crippen LogP contribution in [-0.2, 0) is 24.0 Å². The molecule has 8 heteroatoms. The van der Waals surface area contributed by atoms with Gasteiger partial charge in [0, 0.05) is 5.41 Å². The molecule has 2 aliphatic carbocycles. The number of esters is 1. The van der Waals surface area contributed by atoms with Crippen molar-refractivity contribution in [3.8, 4) is 0 Å². The second-order valence-electron chi connectivity index (χ2n) is 10.3. The van der Waals surface area contributed by atoms with Gasteiger partial charge in [0.15, 0.2) is 8.32 Å². The highest BCUT2D eigenvalue weighted by Crippen LogP contribution is 2.66. The lowest BCUT2D eigenvalue weighted by atomic mass is 9.69. The fourth-order valence-electron chi connectivity index (χ4n) is 4.57. The Bertz CT molecular complexity index is 683. The van der Waals surface area contributed by atoms with Crippen molar-refractivity contribution >= 4 is 24.3 Å². The number of sulfonamides is 1. The van der Waals surface area contributed by atoms with E-state index in [-0.39, 0.29) is 34.9 Å². The third kappa shape index (κ3) is 4.14. The Balaban J connectivity index is 2.13. The minimum Gasteiger partial charge on any atom is -0.460 e. The van der Waals surface area contributed by atoms with Gasteiger partial charge in [0.2, 0.25) is 10.0 Å². The number of hydrogen-bond donors (Lipinski definition) is 1. The molecule has 3 atom stereocenters.